The molecule has 0 amide bonds. The van der Waals surface area contributed by atoms with Crippen LogP contribution in [0.2, 0.25) is 0 Å². The zero-order chi connectivity index (χ0) is 14.5. The van der Waals surface area contributed by atoms with Crippen LogP contribution in [0, 0.1) is 0 Å². The zero-order valence-electron chi connectivity index (χ0n) is 12.4. The molecule has 1 aromatic carbocycles. The first-order chi connectivity index (χ1) is 8.88. The van der Waals surface area contributed by atoms with E-state index >= 15 is 0 Å². The fraction of sp³-hybridized carbons (Fsp3) is 0.600. The quantitative estimate of drug-likeness (QED) is 0.825. The van der Waals surface area contributed by atoms with Crippen molar-refractivity contribution < 1.29 is 19.3 Å². The molecule has 0 aromatic heterocycles. The number of hydrogen-bond donors (Lipinski definition) is 1. The highest BCUT2D eigenvalue weighted by molar-refractivity contribution is 5.43. The van der Waals surface area contributed by atoms with Gasteiger partial charge in [0.2, 0.25) is 0 Å². The van der Waals surface area contributed by atoms with Crippen molar-refractivity contribution in [2.45, 2.75) is 38.9 Å². The van der Waals surface area contributed by atoms with Crippen LogP contribution in [0.4, 0.5) is 0 Å². The summed E-state index contributed by atoms with van der Waals surface area (Å²) >= 11 is 0. The highest BCUT2D eigenvalue weighted by atomic mass is 16.5. The summed E-state index contributed by atoms with van der Waals surface area (Å²) in [4.78, 5) is 0. The van der Waals surface area contributed by atoms with Crippen LogP contribution in [-0.2, 0) is 11.2 Å². The molecule has 4 nitrogen and oxygen atoms in total. The van der Waals surface area contributed by atoms with Crippen LogP contribution < -0.4 is 9.47 Å². The van der Waals surface area contributed by atoms with Crippen molar-refractivity contribution in [1.29, 1.82) is 0 Å². The van der Waals surface area contributed by atoms with Gasteiger partial charge in [-0.15, -0.1) is 0 Å². The van der Waals surface area contributed by atoms with Crippen molar-refractivity contribution >= 4 is 0 Å². The molecule has 0 radical (unpaired) electrons. The van der Waals surface area contributed by atoms with Crippen molar-refractivity contribution in [3.05, 3.63) is 23.8 Å². The molecule has 0 spiro atoms. The largest absolute Gasteiger partial charge is 0.493 e. The van der Waals surface area contributed by atoms with E-state index in [0.717, 1.165) is 5.56 Å². The lowest BCUT2D eigenvalue weighted by atomic mass is 9.97. The van der Waals surface area contributed by atoms with E-state index in [9.17, 15) is 5.11 Å². The molecule has 1 rings (SSSR count). The fourth-order valence-electron chi connectivity index (χ4n) is 1.83. The summed E-state index contributed by atoms with van der Waals surface area (Å²) in [7, 11) is 3.20. The predicted molar refractivity (Wildman–Crippen MR) is 75.0 cm³/mol. The maximum atomic E-state index is 10.3. The van der Waals surface area contributed by atoms with Gasteiger partial charge in [-0.2, -0.15) is 0 Å². The third-order valence-corrected chi connectivity index (χ3v) is 2.76. The number of rotatable bonds is 7. The lowest BCUT2D eigenvalue weighted by Gasteiger charge is -2.24. The first-order valence-electron chi connectivity index (χ1n) is 6.43. The Balaban J connectivity index is 2.75. The van der Waals surface area contributed by atoms with E-state index in [1.165, 1.54) is 0 Å². The fourth-order valence-corrected chi connectivity index (χ4v) is 1.83. The van der Waals surface area contributed by atoms with Gasteiger partial charge in [-0.05, 0) is 38.5 Å². The highest BCUT2D eigenvalue weighted by Crippen LogP contribution is 2.29. The topological polar surface area (TPSA) is 47.9 Å². The van der Waals surface area contributed by atoms with Gasteiger partial charge in [-0.25, -0.2) is 0 Å². The van der Waals surface area contributed by atoms with Crippen molar-refractivity contribution in [1.82, 2.24) is 0 Å². The molecule has 1 unspecified atom stereocenters. The lowest BCUT2D eigenvalue weighted by molar-refractivity contribution is -0.0529. The maximum Gasteiger partial charge on any atom is 0.160 e. The number of hydrogen-bond acceptors (Lipinski definition) is 4. The van der Waals surface area contributed by atoms with Crippen molar-refractivity contribution in [2.24, 2.45) is 0 Å². The molecule has 0 saturated carbocycles. The van der Waals surface area contributed by atoms with Gasteiger partial charge in [0.1, 0.15) is 0 Å². The Bertz CT molecular complexity index is 399. The molecule has 1 atom stereocenters. The molecule has 108 valence electrons. The summed E-state index contributed by atoms with van der Waals surface area (Å²) in [5, 5.41) is 10.3. The Morgan fingerprint density at radius 2 is 1.79 bits per heavy atom. The van der Waals surface area contributed by atoms with Crippen LogP contribution in [0.25, 0.3) is 0 Å². The van der Waals surface area contributed by atoms with E-state index in [1.54, 1.807) is 21.1 Å². The van der Waals surface area contributed by atoms with Gasteiger partial charge in [-0.1, -0.05) is 6.07 Å². The summed E-state index contributed by atoms with van der Waals surface area (Å²) in [6, 6.07) is 5.64. The minimum Gasteiger partial charge on any atom is -0.493 e. The third kappa shape index (κ3) is 5.09. The summed E-state index contributed by atoms with van der Waals surface area (Å²) in [5.74, 6) is 1.35. The van der Waals surface area contributed by atoms with Crippen molar-refractivity contribution in [3.63, 3.8) is 0 Å². The molecule has 19 heavy (non-hydrogen) atoms. The minimum absolute atomic E-state index is 0.108. The molecule has 0 bridgehead atoms. The maximum absolute atomic E-state index is 10.3. The molecule has 1 aromatic rings. The van der Waals surface area contributed by atoms with Crippen molar-refractivity contribution in [3.8, 4) is 11.5 Å². The molecule has 0 heterocycles. The molecular weight excluding hydrogens is 244 g/mol. The second-order valence-electron chi connectivity index (χ2n) is 5.22. The minimum atomic E-state index is -0.899. The van der Waals surface area contributed by atoms with Gasteiger partial charge in [-0.3, -0.25) is 0 Å². The molecule has 0 aliphatic rings. The van der Waals surface area contributed by atoms with Gasteiger partial charge in [0.25, 0.3) is 0 Å². The van der Waals surface area contributed by atoms with Crippen LogP contribution in [-0.4, -0.2) is 37.6 Å². The van der Waals surface area contributed by atoms with Crippen LogP contribution in [0.5, 0.6) is 11.5 Å². The molecule has 1 N–H and O–H groups in total. The second-order valence-corrected chi connectivity index (χ2v) is 5.22. The average molecular weight is 268 g/mol. The van der Waals surface area contributed by atoms with Gasteiger partial charge < -0.3 is 19.3 Å². The number of methoxy groups -OCH3 is 2. The Hall–Kier alpha value is -1.26. The lowest BCUT2D eigenvalue weighted by Crippen LogP contribution is -2.34. The van der Waals surface area contributed by atoms with E-state index in [4.69, 9.17) is 14.2 Å². The average Bonchev–Trinajstić information content (AvgIpc) is 2.36. The number of benzene rings is 1. The number of ether oxygens (including phenoxy) is 3. The summed E-state index contributed by atoms with van der Waals surface area (Å²) in [6.45, 7) is 5.98. The van der Waals surface area contributed by atoms with E-state index in [0.29, 0.717) is 24.5 Å². The van der Waals surface area contributed by atoms with Crippen LogP contribution in [0.3, 0.4) is 0 Å². The van der Waals surface area contributed by atoms with Gasteiger partial charge >= 0.3 is 0 Å². The Morgan fingerprint density at radius 3 is 2.32 bits per heavy atom. The van der Waals surface area contributed by atoms with Crippen LogP contribution >= 0.6 is 0 Å². The highest BCUT2D eigenvalue weighted by Gasteiger charge is 2.22. The molecule has 0 saturated heterocycles. The number of aliphatic hydroxyl groups is 1. The summed E-state index contributed by atoms with van der Waals surface area (Å²) in [5.41, 5.74) is 0.0825. The van der Waals surface area contributed by atoms with Gasteiger partial charge in [0.15, 0.2) is 11.5 Å². The SMILES string of the molecule is COc1ccc(CC(C)(O)COC(C)C)cc1OC. The molecule has 0 fully saturated rings. The second kappa shape index (κ2) is 6.78. The van der Waals surface area contributed by atoms with Gasteiger partial charge in [0, 0.05) is 6.42 Å². The third-order valence-electron chi connectivity index (χ3n) is 2.76. The first-order valence-corrected chi connectivity index (χ1v) is 6.43. The molecular formula is C15H24O4. The van der Waals surface area contributed by atoms with Gasteiger partial charge in [0.05, 0.1) is 32.5 Å². The van der Waals surface area contributed by atoms with E-state index < -0.39 is 5.60 Å². The zero-order valence-corrected chi connectivity index (χ0v) is 12.4. The van der Waals surface area contributed by atoms with Crippen LogP contribution in [0.1, 0.15) is 26.3 Å². The van der Waals surface area contributed by atoms with Crippen molar-refractivity contribution in [2.75, 3.05) is 20.8 Å². The monoisotopic (exact) mass is 268 g/mol. The summed E-state index contributed by atoms with van der Waals surface area (Å²) in [6.07, 6.45) is 0.608. The Kier molecular flexibility index (Phi) is 5.63. The van der Waals surface area contributed by atoms with Crippen LogP contribution in [0.15, 0.2) is 18.2 Å². The Labute approximate surface area is 115 Å². The molecule has 0 aliphatic carbocycles. The molecule has 4 heteroatoms. The smallest absolute Gasteiger partial charge is 0.160 e. The van der Waals surface area contributed by atoms with E-state index in [1.807, 2.05) is 32.0 Å². The first kappa shape index (κ1) is 15.8. The van der Waals surface area contributed by atoms with E-state index in [2.05, 4.69) is 0 Å². The summed E-state index contributed by atoms with van der Waals surface area (Å²) < 4.78 is 15.9. The van der Waals surface area contributed by atoms with E-state index in [-0.39, 0.29) is 6.10 Å². The predicted octanol–water partition coefficient (Wildman–Crippen LogP) is 2.42. The Morgan fingerprint density at radius 1 is 1.16 bits per heavy atom. The molecule has 0 aliphatic heterocycles. The standard InChI is InChI=1S/C15H24O4/c1-11(2)19-10-15(3,16)9-12-6-7-13(17-4)14(8-12)18-5/h6-8,11,16H,9-10H2,1-5H3. The normalized spacial score (nSPS) is 14.3.